The summed E-state index contributed by atoms with van der Waals surface area (Å²) in [4.78, 5) is 21.8. The number of rotatable bonds is 7. The summed E-state index contributed by atoms with van der Waals surface area (Å²) >= 11 is 0. The van der Waals surface area contributed by atoms with Gasteiger partial charge in [-0.15, -0.1) is 0 Å². The van der Waals surface area contributed by atoms with Gasteiger partial charge in [0.05, 0.1) is 0 Å². The molecule has 0 aromatic rings. The van der Waals surface area contributed by atoms with Gasteiger partial charge >= 0.3 is 5.97 Å². The van der Waals surface area contributed by atoms with Crippen LogP contribution in [0, 0.1) is 0 Å². The number of aliphatic carboxylic acids is 1. The molecule has 0 bridgehead atoms. The first-order valence-electron chi connectivity index (χ1n) is 5.84. The quantitative estimate of drug-likeness (QED) is 0.613. The average molecular weight is 232 g/mol. The summed E-state index contributed by atoms with van der Waals surface area (Å²) in [5.74, 6) is -1.21. The lowest BCUT2D eigenvalue weighted by molar-refractivity contribution is -0.142. The minimum atomic E-state index is -0.997. The lowest BCUT2D eigenvalue weighted by atomic mass is 10.1. The molecule has 0 heterocycles. The van der Waals surface area contributed by atoms with Crippen LogP contribution in [0.3, 0.4) is 0 Å². The van der Waals surface area contributed by atoms with E-state index in [1.807, 2.05) is 20.8 Å². The number of carbonyl (C=O) groups is 2. The van der Waals surface area contributed by atoms with E-state index in [0.29, 0.717) is 25.8 Å². The monoisotopic (exact) mass is 232 g/mol. The molecule has 96 valence electrons. The van der Waals surface area contributed by atoms with E-state index in [-0.39, 0.29) is 5.91 Å². The molecule has 5 heteroatoms. The van der Waals surface area contributed by atoms with Gasteiger partial charge in [0, 0.05) is 6.42 Å². The summed E-state index contributed by atoms with van der Waals surface area (Å²) in [7, 11) is 0. The van der Waals surface area contributed by atoms with Crippen LogP contribution >= 0.6 is 0 Å². The topological polar surface area (TPSA) is 92.4 Å². The molecule has 1 atom stereocenters. The van der Waals surface area contributed by atoms with Crippen molar-refractivity contribution in [2.45, 2.75) is 52.5 Å². The minimum absolute atomic E-state index is 0.211. The predicted molar refractivity (Wildman–Crippen MR) is 64.1 cm³/mol. The number of nitrogens with two attached hydrogens (primary N) is 1. The Bertz CT molecular complexity index is 196. The van der Waals surface area contributed by atoms with E-state index in [0.717, 1.165) is 6.42 Å². The van der Waals surface area contributed by atoms with Crippen LogP contribution in [0.1, 0.15) is 46.5 Å². The Hall–Kier alpha value is -1.10. The normalized spacial score (nSPS) is 11.0. The number of hydrogen-bond donors (Lipinski definition) is 3. The molecule has 1 unspecified atom stereocenters. The van der Waals surface area contributed by atoms with E-state index >= 15 is 0 Å². The van der Waals surface area contributed by atoms with E-state index in [4.69, 9.17) is 10.8 Å². The highest BCUT2D eigenvalue weighted by atomic mass is 16.4. The molecule has 0 aliphatic rings. The Morgan fingerprint density at radius 1 is 1.38 bits per heavy atom. The maximum absolute atomic E-state index is 11.1. The van der Waals surface area contributed by atoms with Crippen LogP contribution in [0.15, 0.2) is 0 Å². The predicted octanol–water partition coefficient (Wildman–Crippen LogP) is 1.12. The summed E-state index contributed by atoms with van der Waals surface area (Å²) in [6.45, 7) is 6.31. The molecule has 0 aliphatic carbocycles. The van der Waals surface area contributed by atoms with E-state index < -0.39 is 12.0 Å². The second-order valence-electron chi connectivity index (χ2n) is 3.14. The van der Waals surface area contributed by atoms with Gasteiger partial charge in [-0.3, -0.25) is 4.79 Å². The maximum atomic E-state index is 11.1. The van der Waals surface area contributed by atoms with E-state index in [2.05, 4.69) is 5.32 Å². The van der Waals surface area contributed by atoms with Crippen molar-refractivity contribution < 1.29 is 14.7 Å². The van der Waals surface area contributed by atoms with Crippen molar-refractivity contribution in [2.75, 3.05) is 6.54 Å². The van der Waals surface area contributed by atoms with Gasteiger partial charge in [-0.2, -0.15) is 0 Å². The summed E-state index contributed by atoms with van der Waals surface area (Å²) in [5, 5.41) is 11.2. The third kappa shape index (κ3) is 9.45. The van der Waals surface area contributed by atoms with Crippen LogP contribution in [0.4, 0.5) is 0 Å². The Kier molecular flexibility index (Phi) is 12.9. The van der Waals surface area contributed by atoms with Crippen LogP contribution in [0.5, 0.6) is 0 Å². The smallest absolute Gasteiger partial charge is 0.326 e. The lowest BCUT2D eigenvalue weighted by Gasteiger charge is -2.13. The minimum Gasteiger partial charge on any atom is -0.480 e. The summed E-state index contributed by atoms with van der Waals surface area (Å²) in [6, 6.07) is -0.794. The first-order chi connectivity index (χ1) is 7.61. The molecule has 4 N–H and O–H groups in total. The largest absolute Gasteiger partial charge is 0.480 e. The van der Waals surface area contributed by atoms with Crippen molar-refractivity contribution in [3.8, 4) is 0 Å². The Morgan fingerprint density at radius 3 is 2.31 bits per heavy atom. The van der Waals surface area contributed by atoms with Crippen LogP contribution in [-0.2, 0) is 9.59 Å². The van der Waals surface area contributed by atoms with E-state index in [9.17, 15) is 9.59 Å². The van der Waals surface area contributed by atoms with E-state index in [1.54, 1.807) is 0 Å². The number of carbonyl (C=O) groups excluding carboxylic acids is 1. The van der Waals surface area contributed by atoms with E-state index in [1.165, 1.54) is 0 Å². The second-order valence-corrected chi connectivity index (χ2v) is 3.14. The van der Waals surface area contributed by atoms with Crippen molar-refractivity contribution in [1.29, 1.82) is 0 Å². The molecule has 0 aromatic heterocycles. The average Bonchev–Trinajstić information content (AvgIpc) is 2.27. The fraction of sp³-hybridized carbons (Fsp3) is 0.818. The number of carboxylic acids is 1. The second kappa shape index (κ2) is 12.0. The summed E-state index contributed by atoms with van der Waals surface area (Å²) in [5.41, 5.74) is 5.26. The lowest BCUT2D eigenvalue weighted by Crippen LogP contribution is -2.40. The van der Waals surface area contributed by atoms with Crippen molar-refractivity contribution >= 4 is 11.9 Å². The Balaban J connectivity index is 0. The van der Waals surface area contributed by atoms with Crippen molar-refractivity contribution in [3.05, 3.63) is 0 Å². The highest BCUT2D eigenvalue weighted by Crippen LogP contribution is 1.98. The van der Waals surface area contributed by atoms with Crippen LogP contribution in [-0.4, -0.2) is 29.6 Å². The van der Waals surface area contributed by atoms with Gasteiger partial charge in [0.1, 0.15) is 6.04 Å². The zero-order chi connectivity index (χ0) is 13.0. The number of carboxylic acid groups (broad SMARTS) is 1. The number of hydrogen-bond acceptors (Lipinski definition) is 3. The Labute approximate surface area is 97.4 Å². The molecule has 0 saturated heterocycles. The van der Waals surface area contributed by atoms with Crippen molar-refractivity contribution in [3.63, 3.8) is 0 Å². The molecule has 5 nitrogen and oxygen atoms in total. The van der Waals surface area contributed by atoms with Gasteiger partial charge in [-0.25, -0.2) is 4.79 Å². The first kappa shape index (κ1) is 17.3. The molecular formula is C11H24N2O3. The summed E-state index contributed by atoms with van der Waals surface area (Å²) < 4.78 is 0. The third-order valence-electron chi connectivity index (χ3n) is 1.81. The molecule has 16 heavy (non-hydrogen) atoms. The summed E-state index contributed by atoms with van der Waals surface area (Å²) in [6.07, 6.45) is 2.08. The molecule has 0 aliphatic heterocycles. The van der Waals surface area contributed by atoms with Crippen LogP contribution in [0.25, 0.3) is 0 Å². The van der Waals surface area contributed by atoms with Gasteiger partial charge in [-0.1, -0.05) is 20.8 Å². The first-order valence-corrected chi connectivity index (χ1v) is 5.84. The van der Waals surface area contributed by atoms with Gasteiger partial charge < -0.3 is 16.2 Å². The molecule has 1 amide bonds. The standard InChI is InChI=1S/C9H18N2O3.C2H6/c1-2-4-8(12)11-7(9(13)14)5-3-6-10;1-2/h7H,2-6,10H2,1H3,(H,11,12)(H,13,14);1-2H3. The molecule has 0 radical (unpaired) electrons. The zero-order valence-corrected chi connectivity index (χ0v) is 10.5. The van der Waals surface area contributed by atoms with Gasteiger partial charge in [-0.05, 0) is 25.8 Å². The van der Waals surface area contributed by atoms with Gasteiger partial charge in [0.25, 0.3) is 0 Å². The van der Waals surface area contributed by atoms with Crippen LogP contribution in [0.2, 0.25) is 0 Å². The number of amides is 1. The zero-order valence-electron chi connectivity index (χ0n) is 10.5. The molecule has 0 spiro atoms. The third-order valence-corrected chi connectivity index (χ3v) is 1.81. The highest BCUT2D eigenvalue weighted by Gasteiger charge is 2.18. The Morgan fingerprint density at radius 2 is 1.94 bits per heavy atom. The van der Waals surface area contributed by atoms with Crippen molar-refractivity contribution in [2.24, 2.45) is 5.73 Å². The molecule has 0 fully saturated rings. The SMILES string of the molecule is CC.CCCC(=O)NC(CCCN)C(=O)O. The fourth-order valence-corrected chi connectivity index (χ4v) is 1.07. The maximum Gasteiger partial charge on any atom is 0.326 e. The van der Waals surface area contributed by atoms with Gasteiger partial charge in [0.2, 0.25) is 5.91 Å². The fourth-order valence-electron chi connectivity index (χ4n) is 1.07. The van der Waals surface area contributed by atoms with Gasteiger partial charge in [0.15, 0.2) is 0 Å². The van der Waals surface area contributed by atoms with Crippen molar-refractivity contribution in [1.82, 2.24) is 5.32 Å². The molecular weight excluding hydrogens is 208 g/mol. The molecule has 0 rings (SSSR count). The molecule has 0 saturated carbocycles. The highest BCUT2D eigenvalue weighted by molar-refractivity contribution is 5.83. The number of nitrogens with one attached hydrogen (secondary N) is 1. The molecule has 0 aromatic carbocycles. The van der Waals surface area contributed by atoms with Crippen LogP contribution < -0.4 is 11.1 Å².